The summed E-state index contributed by atoms with van der Waals surface area (Å²) in [7, 11) is -1.60. The molecule has 0 spiro atoms. The molecule has 1 fully saturated rings. The Morgan fingerprint density at radius 1 is 1.14 bits per heavy atom. The molecule has 4 nitrogen and oxygen atoms in total. The standard InChI is InChI=1S/C16H23NO3S/c1-17(11-14-5-3-2-4-6-14)21(19,20)13-16-9-7-15(12-18)8-10-16/h2-6,12,15-16H,7-11,13H2,1H3. The molecule has 0 radical (unpaired) electrons. The lowest BCUT2D eigenvalue weighted by atomic mass is 9.84. The first kappa shape index (κ1) is 16.2. The molecule has 0 N–H and O–H groups in total. The van der Waals surface area contributed by atoms with Gasteiger partial charge in [-0.3, -0.25) is 0 Å². The normalized spacial score (nSPS) is 23.1. The quantitative estimate of drug-likeness (QED) is 0.759. The summed E-state index contributed by atoms with van der Waals surface area (Å²) in [6.45, 7) is 0.410. The van der Waals surface area contributed by atoms with Crippen molar-refractivity contribution >= 4 is 16.3 Å². The van der Waals surface area contributed by atoms with Gasteiger partial charge >= 0.3 is 0 Å². The van der Waals surface area contributed by atoms with Crippen LogP contribution in [0.4, 0.5) is 0 Å². The summed E-state index contributed by atoms with van der Waals surface area (Å²) in [5.74, 6) is 0.512. The topological polar surface area (TPSA) is 54.5 Å². The molecule has 2 rings (SSSR count). The van der Waals surface area contributed by atoms with Crippen molar-refractivity contribution in [2.45, 2.75) is 32.2 Å². The Hall–Kier alpha value is -1.20. The van der Waals surface area contributed by atoms with E-state index in [2.05, 4.69) is 0 Å². The maximum absolute atomic E-state index is 12.4. The SMILES string of the molecule is CN(Cc1ccccc1)S(=O)(=O)CC1CCC(C=O)CC1. The molecule has 0 aromatic heterocycles. The van der Waals surface area contributed by atoms with E-state index in [9.17, 15) is 13.2 Å². The van der Waals surface area contributed by atoms with E-state index in [1.807, 2.05) is 30.3 Å². The number of hydrogen-bond donors (Lipinski definition) is 0. The molecule has 5 heteroatoms. The molecule has 1 aromatic rings. The van der Waals surface area contributed by atoms with Gasteiger partial charge in [-0.25, -0.2) is 12.7 Å². The summed E-state index contributed by atoms with van der Waals surface area (Å²) < 4.78 is 26.3. The van der Waals surface area contributed by atoms with Gasteiger partial charge in [0.1, 0.15) is 6.29 Å². The van der Waals surface area contributed by atoms with E-state index in [1.165, 1.54) is 4.31 Å². The molecule has 1 saturated carbocycles. The first-order chi connectivity index (χ1) is 10.0. The highest BCUT2D eigenvalue weighted by molar-refractivity contribution is 7.89. The second-order valence-corrected chi connectivity index (χ2v) is 8.06. The predicted molar refractivity (Wildman–Crippen MR) is 83.2 cm³/mol. The lowest BCUT2D eigenvalue weighted by Crippen LogP contribution is -2.33. The molecule has 21 heavy (non-hydrogen) atoms. The maximum Gasteiger partial charge on any atom is 0.214 e. The molecule has 0 aliphatic heterocycles. The van der Waals surface area contributed by atoms with Crippen LogP contribution in [-0.2, 0) is 21.4 Å². The van der Waals surface area contributed by atoms with Crippen LogP contribution in [0, 0.1) is 11.8 Å². The van der Waals surface area contributed by atoms with Gasteiger partial charge in [0.05, 0.1) is 5.75 Å². The van der Waals surface area contributed by atoms with Gasteiger partial charge in [-0.2, -0.15) is 0 Å². The Morgan fingerprint density at radius 2 is 1.76 bits per heavy atom. The number of carbonyl (C=O) groups is 1. The maximum atomic E-state index is 12.4. The van der Waals surface area contributed by atoms with E-state index in [0.29, 0.717) is 6.54 Å². The third-order valence-corrected chi connectivity index (χ3v) is 6.22. The fourth-order valence-electron chi connectivity index (χ4n) is 2.85. The second-order valence-electron chi connectivity index (χ2n) is 5.94. The van der Waals surface area contributed by atoms with Crippen LogP contribution in [0.2, 0.25) is 0 Å². The number of benzene rings is 1. The fourth-order valence-corrected chi connectivity index (χ4v) is 4.38. The van der Waals surface area contributed by atoms with Crippen molar-refractivity contribution in [2.75, 3.05) is 12.8 Å². The van der Waals surface area contributed by atoms with Crippen LogP contribution >= 0.6 is 0 Å². The van der Waals surface area contributed by atoms with E-state index >= 15 is 0 Å². The summed E-state index contributed by atoms with van der Waals surface area (Å²) >= 11 is 0. The molecule has 0 unspecified atom stereocenters. The smallest absolute Gasteiger partial charge is 0.214 e. The van der Waals surface area contributed by atoms with Crippen molar-refractivity contribution in [3.8, 4) is 0 Å². The lowest BCUT2D eigenvalue weighted by Gasteiger charge is -2.27. The highest BCUT2D eigenvalue weighted by Crippen LogP contribution is 2.29. The molecule has 1 aromatic carbocycles. The van der Waals surface area contributed by atoms with E-state index in [-0.39, 0.29) is 17.6 Å². The third kappa shape index (κ3) is 4.64. The van der Waals surface area contributed by atoms with Gasteiger partial charge in [0.15, 0.2) is 0 Å². The number of nitrogens with zero attached hydrogens (tertiary/aromatic N) is 1. The number of sulfonamides is 1. The van der Waals surface area contributed by atoms with E-state index in [0.717, 1.165) is 37.5 Å². The number of aldehydes is 1. The molecule has 0 atom stereocenters. The predicted octanol–water partition coefficient (Wildman–Crippen LogP) is 2.45. The van der Waals surface area contributed by atoms with Gasteiger partial charge < -0.3 is 4.79 Å². The van der Waals surface area contributed by atoms with Crippen molar-refractivity contribution in [1.82, 2.24) is 4.31 Å². The Balaban J connectivity index is 1.90. The van der Waals surface area contributed by atoms with Crippen LogP contribution in [0.15, 0.2) is 30.3 Å². The Morgan fingerprint density at radius 3 is 2.33 bits per heavy atom. The first-order valence-corrected chi connectivity index (χ1v) is 9.05. The summed E-state index contributed by atoms with van der Waals surface area (Å²) in [5, 5.41) is 0. The zero-order valence-corrected chi connectivity index (χ0v) is 13.3. The van der Waals surface area contributed by atoms with Gasteiger partial charge in [0, 0.05) is 19.5 Å². The molecular formula is C16H23NO3S. The van der Waals surface area contributed by atoms with E-state index < -0.39 is 10.0 Å². The minimum atomic E-state index is -3.24. The Labute approximate surface area is 127 Å². The van der Waals surface area contributed by atoms with Crippen molar-refractivity contribution < 1.29 is 13.2 Å². The van der Waals surface area contributed by atoms with Gasteiger partial charge in [-0.15, -0.1) is 0 Å². The van der Waals surface area contributed by atoms with Crippen molar-refractivity contribution in [2.24, 2.45) is 11.8 Å². The zero-order chi connectivity index (χ0) is 15.3. The largest absolute Gasteiger partial charge is 0.303 e. The summed E-state index contributed by atoms with van der Waals surface area (Å²) in [6.07, 6.45) is 4.33. The molecule has 0 amide bonds. The number of carbonyl (C=O) groups excluding carboxylic acids is 1. The van der Waals surface area contributed by atoms with E-state index in [4.69, 9.17) is 0 Å². The van der Waals surface area contributed by atoms with Crippen LogP contribution in [0.5, 0.6) is 0 Å². The van der Waals surface area contributed by atoms with Crippen molar-refractivity contribution in [3.05, 3.63) is 35.9 Å². The first-order valence-electron chi connectivity index (χ1n) is 7.44. The highest BCUT2D eigenvalue weighted by atomic mass is 32.2. The number of rotatable bonds is 6. The summed E-state index contributed by atoms with van der Waals surface area (Å²) in [4.78, 5) is 10.7. The van der Waals surface area contributed by atoms with Crippen LogP contribution in [0.1, 0.15) is 31.2 Å². The second kappa shape index (κ2) is 7.18. The molecule has 0 heterocycles. The molecule has 0 bridgehead atoms. The Bertz CT molecular complexity index is 548. The van der Waals surface area contributed by atoms with Crippen molar-refractivity contribution in [3.63, 3.8) is 0 Å². The average molecular weight is 309 g/mol. The van der Waals surface area contributed by atoms with Gasteiger partial charge in [0.25, 0.3) is 0 Å². The van der Waals surface area contributed by atoms with Crippen LogP contribution in [0.25, 0.3) is 0 Å². The molecule has 0 saturated heterocycles. The summed E-state index contributed by atoms with van der Waals surface area (Å²) in [6, 6.07) is 9.61. The fraction of sp³-hybridized carbons (Fsp3) is 0.562. The van der Waals surface area contributed by atoms with Crippen LogP contribution in [-0.4, -0.2) is 31.8 Å². The zero-order valence-electron chi connectivity index (χ0n) is 12.4. The molecule has 1 aliphatic rings. The number of hydrogen-bond acceptors (Lipinski definition) is 3. The average Bonchev–Trinajstić information content (AvgIpc) is 2.48. The minimum absolute atomic E-state index is 0.131. The van der Waals surface area contributed by atoms with Gasteiger partial charge in [-0.05, 0) is 37.2 Å². The molecule has 1 aliphatic carbocycles. The molecule has 116 valence electrons. The van der Waals surface area contributed by atoms with Crippen molar-refractivity contribution in [1.29, 1.82) is 0 Å². The third-order valence-electron chi connectivity index (χ3n) is 4.25. The van der Waals surface area contributed by atoms with Gasteiger partial charge in [0.2, 0.25) is 10.0 Å². The summed E-state index contributed by atoms with van der Waals surface area (Å²) in [5.41, 5.74) is 0.994. The highest BCUT2D eigenvalue weighted by Gasteiger charge is 2.27. The lowest BCUT2D eigenvalue weighted by molar-refractivity contribution is -0.112. The monoisotopic (exact) mass is 309 g/mol. The van der Waals surface area contributed by atoms with Gasteiger partial charge in [-0.1, -0.05) is 30.3 Å². The molecular weight excluding hydrogens is 286 g/mol. The Kier molecular flexibility index (Phi) is 5.53. The van der Waals surface area contributed by atoms with Crippen LogP contribution in [0.3, 0.4) is 0 Å². The minimum Gasteiger partial charge on any atom is -0.303 e. The van der Waals surface area contributed by atoms with E-state index in [1.54, 1.807) is 7.05 Å². The van der Waals surface area contributed by atoms with Crippen LogP contribution < -0.4 is 0 Å².